The predicted molar refractivity (Wildman–Crippen MR) is 117 cm³/mol. The first-order chi connectivity index (χ1) is 12.9. The molecule has 0 radical (unpaired) electrons. The highest BCUT2D eigenvalue weighted by atomic mass is 15.3. The molecule has 0 atom stereocenters. The van der Waals surface area contributed by atoms with Crippen LogP contribution in [-0.4, -0.2) is 25.6 Å². The van der Waals surface area contributed by atoms with Gasteiger partial charge in [-0.25, -0.2) is 0 Å². The van der Waals surface area contributed by atoms with Crippen molar-refractivity contribution in [2.24, 2.45) is 0 Å². The molecule has 0 heterocycles. The molecule has 138 valence electrons. The molecule has 3 aromatic carbocycles. The second-order valence-corrected chi connectivity index (χ2v) is 8.20. The highest BCUT2D eigenvalue weighted by Crippen LogP contribution is 2.25. The second kappa shape index (κ2) is 8.37. The largest absolute Gasteiger partial charge is 0.327 e. The van der Waals surface area contributed by atoms with Gasteiger partial charge in [-0.2, -0.15) is 0 Å². The van der Waals surface area contributed by atoms with Gasteiger partial charge in [-0.05, 0) is 41.2 Å². The molecule has 0 bridgehead atoms. The molecule has 0 aliphatic carbocycles. The molecule has 0 spiro atoms. The van der Waals surface area contributed by atoms with Crippen LogP contribution >= 0.6 is 0 Å². The van der Waals surface area contributed by atoms with Crippen LogP contribution in [0, 0.1) is 6.92 Å². The van der Waals surface area contributed by atoms with E-state index in [0.29, 0.717) is 0 Å². The normalized spacial score (nSPS) is 11.3. The minimum Gasteiger partial charge on any atom is -0.327 e. The standard InChI is InChI=1S/C26H30N/c1-21-22(16-11-17-25(21)20-27(2,3)4)18-19-26(23-12-7-5-8-13-23)24-14-9-6-10-15-24/h5-17,19H,18,20H2,1-4H3/q+1. The van der Waals surface area contributed by atoms with E-state index in [9.17, 15) is 0 Å². The van der Waals surface area contributed by atoms with E-state index in [4.69, 9.17) is 0 Å². The fourth-order valence-electron chi connectivity index (χ4n) is 3.49. The molecule has 0 saturated heterocycles. The number of quaternary nitrogens is 1. The van der Waals surface area contributed by atoms with Gasteiger partial charge in [0.2, 0.25) is 0 Å². The van der Waals surface area contributed by atoms with Crippen molar-refractivity contribution in [2.45, 2.75) is 19.9 Å². The van der Waals surface area contributed by atoms with Crippen LogP contribution in [0.3, 0.4) is 0 Å². The molecular formula is C26H30N+. The monoisotopic (exact) mass is 356 g/mol. The Labute approximate surface area is 164 Å². The smallest absolute Gasteiger partial charge is 0.104 e. The molecule has 27 heavy (non-hydrogen) atoms. The molecule has 0 aliphatic rings. The lowest BCUT2D eigenvalue weighted by Crippen LogP contribution is -2.33. The summed E-state index contributed by atoms with van der Waals surface area (Å²) in [6.45, 7) is 3.31. The minimum absolute atomic E-state index is 0.940. The van der Waals surface area contributed by atoms with Crippen molar-refractivity contribution >= 4 is 5.57 Å². The number of hydrogen-bond acceptors (Lipinski definition) is 0. The van der Waals surface area contributed by atoms with E-state index < -0.39 is 0 Å². The predicted octanol–water partition coefficient (Wildman–Crippen LogP) is 5.88. The summed E-state index contributed by atoms with van der Waals surface area (Å²) in [5.41, 5.74) is 8.10. The Bertz CT molecular complexity index is 858. The topological polar surface area (TPSA) is 0 Å². The van der Waals surface area contributed by atoms with Crippen molar-refractivity contribution in [3.05, 3.63) is 113 Å². The number of allylic oxidation sites excluding steroid dienone is 1. The summed E-state index contributed by atoms with van der Waals surface area (Å²) in [5.74, 6) is 0. The van der Waals surface area contributed by atoms with Gasteiger partial charge < -0.3 is 4.48 Å². The summed E-state index contributed by atoms with van der Waals surface area (Å²) in [5, 5.41) is 0. The SMILES string of the molecule is Cc1c(CC=C(c2ccccc2)c2ccccc2)cccc1C[N+](C)(C)C. The zero-order valence-electron chi connectivity index (χ0n) is 16.9. The summed E-state index contributed by atoms with van der Waals surface area (Å²) < 4.78 is 0.944. The number of hydrogen-bond donors (Lipinski definition) is 0. The van der Waals surface area contributed by atoms with Gasteiger partial charge in [-0.15, -0.1) is 0 Å². The van der Waals surface area contributed by atoms with E-state index in [1.165, 1.54) is 33.4 Å². The van der Waals surface area contributed by atoms with Crippen LogP contribution < -0.4 is 0 Å². The summed E-state index contributed by atoms with van der Waals surface area (Å²) >= 11 is 0. The second-order valence-electron chi connectivity index (χ2n) is 8.20. The van der Waals surface area contributed by atoms with E-state index in [2.05, 4.69) is 113 Å². The van der Waals surface area contributed by atoms with Crippen molar-refractivity contribution in [1.29, 1.82) is 0 Å². The zero-order valence-corrected chi connectivity index (χ0v) is 16.9. The molecule has 0 aromatic heterocycles. The molecule has 0 saturated carbocycles. The van der Waals surface area contributed by atoms with Gasteiger partial charge >= 0.3 is 0 Å². The van der Waals surface area contributed by atoms with Gasteiger partial charge in [-0.1, -0.05) is 84.9 Å². The summed E-state index contributed by atoms with van der Waals surface area (Å²) in [6, 6.07) is 28.1. The molecule has 0 unspecified atom stereocenters. The third-order valence-electron chi connectivity index (χ3n) is 4.90. The maximum Gasteiger partial charge on any atom is 0.104 e. The molecular weight excluding hydrogens is 326 g/mol. The molecule has 0 fully saturated rings. The molecule has 1 nitrogen and oxygen atoms in total. The van der Waals surface area contributed by atoms with Crippen LogP contribution in [0.25, 0.3) is 5.57 Å². The first kappa shape index (κ1) is 19.1. The van der Waals surface area contributed by atoms with Crippen LogP contribution in [0.4, 0.5) is 0 Å². The molecule has 3 rings (SSSR count). The van der Waals surface area contributed by atoms with Crippen molar-refractivity contribution < 1.29 is 4.48 Å². The lowest BCUT2D eigenvalue weighted by molar-refractivity contribution is -0.884. The maximum atomic E-state index is 2.38. The molecule has 1 heteroatoms. The Hall–Kier alpha value is -2.64. The van der Waals surface area contributed by atoms with Gasteiger partial charge in [-0.3, -0.25) is 0 Å². The van der Waals surface area contributed by atoms with Crippen LogP contribution in [0.1, 0.15) is 27.8 Å². The lowest BCUT2D eigenvalue weighted by atomic mass is 9.94. The van der Waals surface area contributed by atoms with E-state index in [0.717, 1.165) is 17.4 Å². The van der Waals surface area contributed by atoms with Gasteiger partial charge in [0.05, 0.1) is 21.1 Å². The van der Waals surface area contributed by atoms with E-state index >= 15 is 0 Å². The van der Waals surface area contributed by atoms with Crippen molar-refractivity contribution in [3.8, 4) is 0 Å². The fourth-order valence-corrected chi connectivity index (χ4v) is 3.49. The van der Waals surface area contributed by atoms with Crippen molar-refractivity contribution in [2.75, 3.05) is 21.1 Å². The molecule has 0 N–H and O–H groups in total. The van der Waals surface area contributed by atoms with Crippen LogP contribution in [0.5, 0.6) is 0 Å². The highest BCUT2D eigenvalue weighted by molar-refractivity contribution is 5.79. The van der Waals surface area contributed by atoms with Crippen LogP contribution in [0.15, 0.2) is 84.9 Å². The average Bonchev–Trinajstić information content (AvgIpc) is 2.65. The molecule has 3 aromatic rings. The molecule has 0 amide bonds. The fraction of sp³-hybridized carbons (Fsp3) is 0.231. The van der Waals surface area contributed by atoms with E-state index in [1.54, 1.807) is 0 Å². The van der Waals surface area contributed by atoms with Gasteiger partial charge in [0.15, 0.2) is 0 Å². The Balaban J connectivity index is 1.95. The van der Waals surface area contributed by atoms with Gasteiger partial charge in [0.1, 0.15) is 6.54 Å². The van der Waals surface area contributed by atoms with Crippen LogP contribution in [-0.2, 0) is 13.0 Å². The third-order valence-corrected chi connectivity index (χ3v) is 4.90. The van der Waals surface area contributed by atoms with Crippen molar-refractivity contribution in [3.63, 3.8) is 0 Å². The van der Waals surface area contributed by atoms with Crippen molar-refractivity contribution in [1.82, 2.24) is 0 Å². The van der Waals surface area contributed by atoms with E-state index in [-0.39, 0.29) is 0 Å². The quantitative estimate of drug-likeness (QED) is 0.484. The Morgan fingerprint density at radius 2 is 1.22 bits per heavy atom. The Kier molecular flexibility index (Phi) is 5.93. The van der Waals surface area contributed by atoms with Crippen LogP contribution in [0.2, 0.25) is 0 Å². The summed E-state index contributed by atoms with van der Waals surface area (Å²) in [4.78, 5) is 0. The number of benzene rings is 3. The maximum absolute atomic E-state index is 2.38. The lowest BCUT2D eigenvalue weighted by Gasteiger charge is -2.25. The highest BCUT2D eigenvalue weighted by Gasteiger charge is 2.12. The van der Waals surface area contributed by atoms with E-state index in [1.807, 2.05) is 0 Å². The van der Waals surface area contributed by atoms with Gasteiger partial charge in [0, 0.05) is 5.56 Å². The zero-order chi connectivity index (χ0) is 19.3. The summed E-state index contributed by atoms with van der Waals surface area (Å²) in [6.07, 6.45) is 3.32. The number of nitrogens with zero attached hydrogens (tertiary/aromatic N) is 1. The third kappa shape index (κ3) is 5.18. The molecule has 0 aliphatic heterocycles. The first-order valence-corrected chi connectivity index (χ1v) is 9.63. The Morgan fingerprint density at radius 3 is 1.74 bits per heavy atom. The minimum atomic E-state index is 0.940. The number of rotatable bonds is 6. The Morgan fingerprint density at radius 1 is 0.704 bits per heavy atom. The van der Waals surface area contributed by atoms with Gasteiger partial charge in [0.25, 0.3) is 0 Å². The average molecular weight is 357 g/mol. The summed E-state index contributed by atoms with van der Waals surface area (Å²) in [7, 11) is 6.73. The first-order valence-electron chi connectivity index (χ1n) is 9.63.